The summed E-state index contributed by atoms with van der Waals surface area (Å²) in [6.07, 6.45) is 0. The molecule has 1 N–H and O–H groups in total. The third-order valence-electron chi connectivity index (χ3n) is 5.23. The zero-order valence-electron chi connectivity index (χ0n) is 16.2. The summed E-state index contributed by atoms with van der Waals surface area (Å²) in [4.78, 5) is 21.8. The maximum absolute atomic E-state index is 12.2. The summed E-state index contributed by atoms with van der Waals surface area (Å²) in [5.74, 6) is 0.00160. The van der Waals surface area contributed by atoms with Crippen molar-refractivity contribution in [3.8, 4) is 17.0 Å². The average Bonchev–Trinajstić information content (AvgIpc) is 3.24. The van der Waals surface area contributed by atoms with E-state index in [9.17, 15) is 9.90 Å². The van der Waals surface area contributed by atoms with E-state index in [1.165, 1.54) is 11.3 Å². The van der Waals surface area contributed by atoms with Crippen LogP contribution in [0, 0.1) is 0 Å². The molecule has 0 spiro atoms. The molecule has 0 saturated carbocycles. The lowest BCUT2D eigenvalue weighted by Gasteiger charge is -2.39. The molecule has 0 aliphatic carbocycles. The van der Waals surface area contributed by atoms with Gasteiger partial charge in [-0.25, -0.2) is 4.98 Å². The minimum atomic E-state index is -0.836. The fourth-order valence-electron chi connectivity index (χ4n) is 3.81. The predicted molar refractivity (Wildman–Crippen MR) is 115 cm³/mol. The molecule has 0 amide bonds. The van der Waals surface area contributed by atoms with Gasteiger partial charge in [-0.2, -0.15) is 0 Å². The summed E-state index contributed by atoms with van der Waals surface area (Å²) in [7, 11) is 1.67. The Labute approximate surface area is 174 Å². The zero-order chi connectivity index (χ0) is 20.2. The molecule has 1 aromatic heterocycles. The first-order valence-electron chi connectivity index (χ1n) is 9.52. The summed E-state index contributed by atoms with van der Waals surface area (Å²) in [5.41, 5.74) is 4.49. The average molecular weight is 410 g/mol. The van der Waals surface area contributed by atoms with Crippen LogP contribution in [0.25, 0.3) is 11.3 Å². The van der Waals surface area contributed by atoms with Crippen LogP contribution in [0.3, 0.4) is 0 Å². The molecule has 1 atom stereocenters. The van der Waals surface area contributed by atoms with Gasteiger partial charge in [-0.15, -0.1) is 11.3 Å². The molecule has 6 nitrogen and oxygen atoms in total. The molecular formula is C22H23N3O3S. The number of carboxylic acid groups (broad SMARTS) is 1. The van der Waals surface area contributed by atoms with E-state index in [1.807, 2.05) is 59.5 Å². The molecular weight excluding hydrogens is 386 g/mol. The quantitative estimate of drug-likeness (QED) is 0.669. The van der Waals surface area contributed by atoms with E-state index in [0.29, 0.717) is 13.1 Å². The van der Waals surface area contributed by atoms with Crippen LogP contribution in [0.5, 0.6) is 5.75 Å². The first-order chi connectivity index (χ1) is 14.2. The molecule has 29 heavy (non-hydrogen) atoms. The highest BCUT2D eigenvalue weighted by Gasteiger charge is 2.34. The van der Waals surface area contributed by atoms with Crippen LogP contribution >= 0.6 is 11.3 Å². The second kappa shape index (κ2) is 8.63. The summed E-state index contributed by atoms with van der Waals surface area (Å²) in [6, 6.07) is 17.0. The van der Waals surface area contributed by atoms with Crippen molar-refractivity contribution in [2.24, 2.45) is 0 Å². The van der Waals surface area contributed by atoms with E-state index in [-0.39, 0.29) is 0 Å². The number of hydrogen-bond donors (Lipinski definition) is 1. The predicted octanol–water partition coefficient (Wildman–Crippen LogP) is 3.77. The molecule has 0 radical (unpaired) electrons. The lowest BCUT2D eigenvalue weighted by atomic mass is 10.1. The van der Waals surface area contributed by atoms with E-state index < -0.39 is 12.0 Å². The van der Waals surface area contributed by atoms with Crippen molar-refractivity contribution < 1.29 is 14.6 Å². The highest BCUT2D eigenvalue weighted by molar-refractivity contribution is 7.10. The van der Waals surface area contributed by atoms with Gasteiger partial charge in [0.25, 0.3) is 0 Å². The van der Waals surface area contributed by atoms with Gasteiger partial charge in [-0.05, 0) is 12.1 Å². The normalized spacial score (nSPS) is 15.8. The molecule has 2 aromatic carbocycles. The van der Waals surface area contributed by atoms with Gasteiger partial charge in [-0.1, -0.05) is 42.5 Å². The third kappa shape index (κ3) is 3.97. The van der Waals surface area contributed by atoms with Crippen LogP contribution < -0.4 is 9.64 Å². The molecule has 2 heterocycles. The smallest absolute Gasteiger partial charge is 0.326 e. The number of piperazine rings is 1. The number of nitrogens with zero attached hydrogens (tertiary/aromatic N) is 3. The minimum Gasteiger partial charge on any atom is -0.495 e. The number of hydrogen-bond acceptors (Lipinski definition) is 6. The van der Waals surface area contributed by atoms with Crippen LogP contribution in [0.1, 0.15) is 10.9 Å². The number of aliphatic carboxylic acids is 1. The second-order valence-corrected chi connectivity index (χ2v) is 7.75. The Morgan fingerprint density at radius 3 is 2.45 bits per heavy atom. The van der Waals surface area contributed by atoms with Gasteiger partial charge in [0.1, 0.15) is 11.8 Å². The van der Waals surface area contributed by atoms with Crippen molar-refractivity contribution in [1.82, 2.24) is 9.88 Å². The van der Waals surface area contributed by atoms with Gasteiger partial charge in [0, 0.05) is 31.7 Å². The SMILES string of the molecule is COc1ccccc1N1CCN(C(C(=O)O)c2scnc2-c2ccccc2)CC1. The summed E-state index contributed by atoms with van der Waals surface area (Å²) in [6.45, 7) is 2.79. The Morgan fingerprint density at radius 1 is 1.07 bits per heavy atom. The summed E-state index contributed by atoms with van der Waals surface area (Å²) in [5, 5.41) is 10.0. The minimum absolute atomic E-state index is 0.654. The lowest BCUT2D eigenvalue weighted by Crippen LogP contribution is -2.49. The topological polar surface area (TPSA) is 65.9 Å². The summed E-state index contributed by atoms with van der Waals surface area (Å²) < 4.78 is 5.48. The first kappa shape index (κ1) is 19.4. The molecule has 1 unspecified atom stereocenters. The van der Waals surface area contributed by atoms with Crippen LogP contribution in [0.4, 0.5) is 5.69 Å². The molecule has 1 aliphatic heterocycles. The largest absolute Gasteiger partial charge is 0.495 e. The van der Waals surface area contributed by atoms with Crippen LogP contribution in [0.15, 0.2) is 60.1 Å². The molecule has 1 aliphatic rings. The van der Waals surface area contributed by atoms with Gasteiger partial charge in [0.15, 0.2) is 0 Å². The van der Waals surface area contributed by atoms with E-state index in [1.54, 1.807) is 12.6 Å². The maximum atomic E-state index is 12.2. The van der Waals surface area contributed by atoms with Gasteiger partial charge >= 0.3 is 5.97 Å². The highest BCUT2D eigenvalue weighted by atomic mass is 32.1. The standard InChI is InChI=1S/C22H23N3O3S/c1-28-18-10-6-5-9-17(18)24-11-13-25(14-12-24)20(22(26)27)21-19(23-15-29-21)16-7-3-2-4-8-16/h2-10,15,20H,11-14H2,1H3,(H,26,27). The lowest BCUT2D eigenvalue weighted by molar-refractivity contribution is -0.143. The van der Waals surface area contributed by atoms with Crippen LogP contribution in [0.2, 0.25) is 0 Å². The van der Waals surface area contributed by atoms with E-state index >= 15 is 0 Å². The molecule has 1 fully saturated rings. The molecule has 7 heteroatoms. The van der Waals surface area contributed by atoms with Crippen LogP contribution in [-0.2, 0) is 4.79 Å². The second-order valence-electron chi connectivity index (χ2n) is 6.87. The number of aromatic nitrogens is 1. The van der Waals surface area contributed by atoms with E-state index in [0.717, 1.165) is 40.7 Å². The van der Waals surface area contributed by atoms with Gasteiger partial charge in [-0.3, -0.25) is 9.69 Å². The molecule has 3 aromatic rings. The maximum Gasteiger partial charge on any atom is 0.326 e. The van der Waals surface area contributed by atoms with Crippen molar-refractivity contribution in [2.75, 3.05) is 38.2 Å². The number of ether oxygens (including phenoxy) is 1. The molecule has 0 bridgehead atoms. The Kier molecular flexibility index (Phi) is 5.78. The van der Waals surface area contributed by atoms with Gasteiger partial charge < -0.3 is 14.7 Å². The fourth-order valence-corrected chi connectivity index (χ4v) is 4.74. The number of thiazole rings is 1. The van der Waals surface area contributed by atoms with Crippen molar-refractivity contribution in [3.63, 3.8) is 0 Å². The monoisotopic (exact) mass is 409 g/mol. The number of anilines is 1. The number of benzene rings is 2. The van der Waals surface area contributed by atoms with Crippen molar-refractivity contribution in [2.45, 2.75) is 6.04 Å². The van der Waals surface area contributed by atoms with E-state index in [2.05, 4.69) is 9.88 Å². The number of methoxy groups -OCH3 is 1. The van der Waals surface area contributed by atoms with Gasteiger partial charge in [0.2, 0.25) is 0 Å². The number of rotatable bonds is 6. The third-order valence-corrected chi connectivity index (χ3v) is 6.11. The van der Waals surface area contributed by atoms with Crippen molar-refractivity contribution in [3.05, 3.63) is 65.0 Å². The Bertz CT molecular complexity index is 968. The number of para-hydroxylation sites is 2. The molecule has 1 saturated heterocycles. The summed E-state index contributed by atoms with van der Waals surface area (Å²) >= 11 is 1.41. The highest BCUT2D eigenvalue weighted by Crippen LogP contribution is 2.35. The number of carbonyl (C=O) groups is 1. The Hall–Kier alpha value is -2.90. The first-order valence-corrected chi connectivity index (χ1v) is 10.4. The fraction of sp³-hybridized carbons (Fsp3) is 0.273. The van der Waals surface area contributed by atoms with Crippen molar-refractivity contribution >= 4 is 23.0 Å². The Balaban J connectivity index is 1.55. The van der Waals surface area contributed by atoms with E-state index in [4.69, 9.17) is 4.74 Å². The Morgan fingerprint density at radius 2 is 1.76 bits per heavy atom. The number of carboxylic acids is 1. The van der Waals surface area contributed by atoms with Gasteiger partial charge in [0.05, 0.1) is 28.9 Å². The van der Waals surface area contributed by atoms with Crippen LogP contribution in [-0.4, -0.2) is 54.2 Å². The molecule has 4 rings (SSSR count). The van der Waals surface area contributed by atoms with Crippen molar-refractivity contribution in [1.29, 1.82) is 0 Å². The molecule has 150 valence electrons. The zero-order valence-corrected chi connectivity index (χ0v) is 17.0.